The molecule has 1 aliphatic carbocycles. The summed E-state index contributed by atoms with van der Waals surface area (Å²) in [4.78, 5) is 0. The quantitative estimate of drug-likeness (QED) is 0.855. The Morgan fingerprint density at radius 1 is 1.29 bits per heavy atom. The molecule has 0 bridgehead atoms. The molecule has 0 saturated heterocycles. The fourth-order valence-electron chi connectivity index (χ4n) is 3.71. The normalized spacial score (nSPS) is 27.8. The third-order valence-corrected chi connectivity index (χ3v) is 5.37. The van der Waals surface area contributed by atoms with E-state index in [1.165, 1.54) is 37.1 Å². The van der Waals surface area contributed by atoms with Gasteiger partial charge in [0.1, 0.15) is 0 Å². The SMILES string of the molecule is CCCNC(c1cc(CC)nn1C)C1CCC(C)C(C)C1. The Morgan fingerprint density at radius 3 is 2.62 bits per heavy atom. The van der Waals surface area contributed by atoms with Crippen molar-refractivity contribution in [1.82, 2.24) is 15.1 Å². The van der Waals surface area contributed by atoms with Gasteiger partial charge in [-0.1, -0.05) is 34.1 Å². The zero-order valence-corrected chi connectivity index (χ0v) is 14.5. The van der Waals surface area contributed by atoms with Gasteiger partial charge < -0.3 is 5.32 Å². The minimum Gasteiger partial charge on any atom is -0.308 e. The molecule has 1 saturated carbocycles. The Labute approximate surface area is 130 Å². The van der Waals surface area contributed by atoms with E-state index in [0.717, 1.165) is 30.7 Å². The van der Waals surface area contributed by atoms with Crippen LogP contribution in [0.2, 0.25) is 0 Å². The van der Waals surface area contributed by atoms with Gasteiger partial charge in [0.2, 0.25) is 0 Å². The lowest BCUT2D eigenvalue weighted by molar-refractivity contribution is 0.167. The summed E-state index contributed by atoms with van der Waals surface area (Å²) in [6.07, 6.45) is 6.27. The van der Waals surface area contributed by atoms with E-state index in [9.17, 15) is 0 Å². The molecule has 120 valence electrons. The molecule has 4 atom stereocenters. The summed E-state index contributed by atoms with van der Waals surface area (Å²) in [6.45, 7) is 10.4. The van der Waals surface area contributed by atoms with E-state index in [0.29, 0.717) is 6.04 Å². The Balaban J connectivity index is 2.19. The lowest BCUT2D eigenvalue weighted by atomic mass is 9.72. The van der Waals surface area contributed by atoms with E-state index in [2.05, 4.69) is 55.9 Å². The van der Waals surface area contributed by atoms with Crippen molar-refractivity contribution >= 4 is 0 Å². The van der Waals surface area contributed by atoms with Crippen LogP contribution in [-0.4, -0.2) is 16.3 Å². The third-order valence-electron chi connectivity index (χ3n) is 5.37. The minimum atomic E-state index is 0.470. The summed E-state index contributed by atoms with van der Waals surface area (Å²) < 4.78 is 2.11. The summed E-state index contributed by atoms with van der Waals surface area (Å²) in [5.74, 6) is 2.47. The van der Waals surface area contributed by atoms with Gasteiger partial charge in [-0.25, -0.2) is 0 Å². The molecule has 2 rings (SSSR count). The van der Waals surface area contributed by atoms with Crippen molar-refractivity contribution in [1.29, 1.82) is 0 Å². The molecule has 0 amide bonds. The average Bonchev–Trinajstić information content (AvgIpc) is 2.84. The summed E-state index contributed by atoms with van der Waals surface area (Å²) >= 11 is 0. The first kappa shape index (κ1) is 16.5. The van der Waals surface area contributed by atoms with Gasteiger partial charge in [-0.2, -0.15) is 5.10 Å². The van der Waals surface area contributed by atoms with Gasteiger partial charge in [-0.15, -0.1) is 0 Å². The Bertz CT molecular complexity index is 438. The first-order valence-corrected chi connectivity index (χ1v) is 8.82. The molecule has 4 unspecified atom stereocenters. The zero-order chi connectivity index (χ0) is 15.4. The van der Waals surface area contributed by atoms with Gasteiger partial charge in [-0.05, 0) is 56.0 Å². The number of hydrogen-bond acceptors (Lipinski definition) is 2. The first-order valence-electron chi connectivity index (χ1n) is 8.82. The van der Waals surface area contributed by atoms with E-state index in [4.69, 9.17) is 0 Å². The van der Waals surface area contributed by atoms with Crippen LogP contribution in [0, 0.1) is 17.8 Å². The van der Waals surface area contributed by atoms with Crippen LogP contribution in [-0.2, 0) is 13.5 Å². The molecular formula is C18H33N3. The van der Waals surface area contributed by atoms with Gasteiger partial charge >= 0.3 is 0 Å². The molecule has 1 aromatic rings. The molecule has 3 nitrogen and oxygen atoms in total. The summed E-state index contributed by atoms with van der Waals surface area (Å²) in [6, 6.07) is 2.79. The van der Waals surface area contributed by atoms with E-state index >= 15 is 0 Å². The van der Waals surface area contributed by atoms with Crippen molar-refractivity contribution in [3.8, 4) is 0 Å². The second-order valence-corrected chi connectivity index (χ2v) is 7.00. The molecule has 1 aromatic heterocycles. The topological polar surface area (TPSA) is 29.9 Å². The zero-order valence-electron chi connectivity index (χ0n) is 14.5. The largest absolute Gasteiger partial charge is 0.308 e. The lowest BCUT2D eigenvalue weighted by Crippen LogP contribution is -2.34. The third kappa shape index (κ3) is 3.88. The Kier molecular flexibility index (Phi) is 5.86. The number of aromatic nitrogens is 2. The van der Waals surface area contributed by atoms with Crippen molar-refractivity contribution in [2.75, 3.05) is 6.54 Å². The molecule has 21 heavy (non-hydrogen) atoms. The van der Waals surface area contributed by atoms with Crippen molar-refractivity contribution in [3.63, 3.8) is 0 Å². The highest BCUT2D eigenvalue weighted by molar-refractivity contribution is 5.15. The molecule has 3 heteroatoms. The standard InChI is InChI=1S/C18H33N3/c1-6-10-19-18(15-9-8-13(3)14(4)11-15)17-12-16(7-2)20-21(17)5/h12-15,18-19H,6-11H2,1-5H3. The Hall–Kier alpha value is -0.830. The predicted octanol–water partition coefficient (Wildman–Crippen LogP) is 4.10. The van der Waals surface area contributed by atoms with Crippen LogP contribution in [0.5, 0.6) is 0 Å². The van der Waals surface area contributed by atoms with Crippen LogP contribution in [0.4, 0.5) is 0 Å². The number of rotatable bonds is 6. The second kappa shape index (κ2) is 7.44. The van der Waals surface area contributed by atoms with Crippen molar-refractivity contribution in [2.45, 2.75) is 65.8 Å². The molecule has 0 spiro atoms. The van der Waals surface area contributed by atoms with Gasteiger partial charge in [-0.3, -0.25) is 4.68 Å². The van der Waals surface area contributed by atoms with Crippen LogP contribution in [0.15, 0.2) is 6.07 Å². The highest BCUT2D eigenvalue weighted by Gasteiger charge is 2.32. The molecule has 0 aromatic carbocycles. The maximum atomic E-state index is 4.66. The van der Waals surface area contributed by atoms with E-state index in [1.54, 1.807) is 0 Å². The highest BCUT2D eigenvalue weighted by atomic mass is 15.3. The van der Waals surface area contributed by atoms with E-state index < -0.39 is 0 Å². The van der Waals surface area contributed by atoms with Crippen molar-refractivity contribution in [3.05, 3.63) is 17.5 Å². The Morgan fingerprint density at radius 2 is 2.05 bits per heavy atom. The van der Waals surface area contributed by atoms with Crippen molar-refractivity contribution in [2.24, 2.45) is 24.8 Å². The fourth-order valence-corrected chi connectivity index (χ4v) is 3.71. The highest BCUT2D eigenvalue weighted by Crippen LogP contribution is 2.39. The van der Waals surface area contributed by atoms with Gasteiger partial charge in [0.25, 0.3) is 0 Å². The van der Waals surface area contributed by atoms with Crippen LogP contribution in [0.25, 0.3) is 0 Å². The van der Waals surface area contributed by atoms with Crippen LogP contribution < -0.4 is 5.32 Å². The summed E-state index contributed by atoms with van der Waals surface area (Å²) in [5, 5.41) is 8.47. The van der Waals surface area contributed by atoms with E-state index in [-0.39, 0.29) is 0 Å². The first-order chi connectivity index (χ1) is 10.1. The summed E-state index contributed by atoms with van der Waals surface area (Å²) in [7, 11) is 2.10. The maximum Gasteiger partial charge on any atom is 0.0625 e. The molecule has 1 aliphatic rings. The molecule has 1 N–H and O–H groups in total. The molecule has 0 radical (unpaired) electrons. The van der Waals surface area contributed by atoms with Crippen molar-refractivity contribution < 1.29 is 0 Å². The maximum absolute atomic E-state index is 4.66. The average molecular weight is 291 g/mol. The van der Waals surface area contributed by atoms with Crippen LogP contribution in [0.3, 0.4) is 0 Å². The fraction of sp³-hybridized carbons (Fsp3) is 0.833. The summed E-state index contributed by atoms with van der Waals surface area (Å²) in [5.41, 5.74) is 2.60. The lowest BCUT2D eigenvalue weighted by Gasteiger charge is -2.37. The monoisotopic (exact) mass is 291 g/mol. The number of aryl methyl sites for hydroxylation is 2. The van der Waals surface area contributed by atoms with Crippen LogP contribution >= 0.6 is 0 Å². The van der Waals surface area contributed by atoms with Gasteiger partial charge in [0.05, 0.1) is 17.4 Å². The number of nitrogens with one attached hydrogen (secondary N) is 1. The molecular weight excluding hydrogens is 258 g/mol. The minimum absolute atomic E-state index is 0.470. The molecule has 1 heterocycles. The molecule has 1 fully saturated rings. The molecule has 0 aliphatic heterocycles. The van der Waals surface area contributed by atoms with Crippen LogP contribution in [0.1, 0.15) is 70.8 Å². The number of hydrogen-bond donors (Lipinski definition) is 1. The smallest absolute Gasteiger partial charge is 0.0625 e. The number of nitrogens with zero attached hydrogens (tertiary/aromatic N) is 2. The van der Waals surface area contributed by atoms with Gasteiger partial charge in [0.15, 0.2) is 0 Å². The van der Waals surface area contributed by atoms with Gasteiger partial charge in [0, 0.05) is 7.05 Å². The predicted molar refractivity (Wildman–Crippen MR) is 89.3 cm³/mol. The van der Waals surface area contributed by atoms with E-state index in [1.807, 2.05) is 0 Å². The second-order valence-electron chi connectivity index (χ2n) is 7.00.